The summed E-state index contributed by atoms with van der Waals surface area (Å²) in [6.07, 6.45) is 2.75. The quantitative estimate of drug-likeness (QED) is 0.601. The van der Waals surface area contributed by atoms with E-state index in [0.29, 0.717) is 24.8 Å². The lowest BCUT2D eigenvalue weighted by Gasteiger charge is -2.53. The number of nitrogens with one attached hydrogen (secondary N) is 1. The zero-order chi connectivity index (χ0) is 25.0. The summed E-state index contributed by atoms with van der Waals surface area (Å²) < 4.78 is 7.11. The van der Waals surface area contributed by atoms with Gasteiger partial charge in [0.05, 0.1) is 11.6 Å². The first-order valence-electron chi connectivity index (χ1n) is 12.1. The van der Waals surface area contributed by atoms with E-state index in [9.17, 15) is 14.4 Å². The molecule has 3 atom stereocenters. The second-order valence-corrected chi connectivity index (χ2v) is 10.6. The summed E-state index contributed by atoms with van der Waals surface area (Å²) in [5.74, 6) is -0.187. The van der Waals surface area contributed by atoms with Crippen molar-refractivity contribution in [3.8, 4) is 0 Å². The van der Waals surface area contributed by atoms with E-state index in [1.807, 2.05) is 82.3 Å². The van der Waals surface area contributed by atoms with Gasteiger partial charge in [0.2, 0.25) is 11.8 Å². The number of para-hydroxylation sites is 1. The van der Waals surface area contributed by atoms with Crippen LogP contribution in [0.1, 0.15) is 57.7 Å². The van der Waals surface area contributed by atoms with Crippen LogP contribution in [0.5, 0.6) is 0 Å². The van der Waals surface area contributed by atoms with E-state index in [2.05, 4.69) is 5.32 Å². The van der Waals surface area contributed by atoms with Gasteiger partial charge in [-0.05, 0) is 57.7 Å². The van der Waals surface area contributed by atoms with Crippen molar-refractivity contribution in [3.63, 3.8) is 0 Å². The Bertz CT molecular complexity index is 1310. The number of amides is 2. The Balaban J connectivity index is 1.52. The van der Waals surface area contributed by atoms with Crippen LogP contribution in [0.4, 0.5) is 4.79 Å². The zero-order valence-electron chi connectivity index (χ0n) is 20.6. The topological polar surface area (TPSA) is 80.6 Å². The highest BCUT2D eigenvalue weighted by molar-refractivity contribution is 6.02. The van der Waals surface area contributed by atoms with Crippen molar-refractivity contribution in [1.29, 1.82) is 0 Å². The predicted molar refractivity (Wildman–Crippen MR) is 133 cm³/mol. The molecule has 7 heteroatoms. The average Bonchev–Trinajstić information content (AvgIpc) is 3.18. The van der Waals surface area contributed by atoms with Gasteiger partial charge in [0.15, 0.2) is 0 Å². The van der Waals surface area contributed by atoms with Crippen molar-refractivity contribution >= 4 is 28.8 Å². The number of piperidine rings is 2. The molecular formula is C28H31N3O4. The fraction of sp³-hybridized carbons (Fsp3) is 0.393. The van der Waals surface area contributed by atoms with E-state index in [0.717, 1.165) is 16.5 Å². The van der Waals surface area contributed by atoms with Gasteiger partial charge in [-0.15, -0.1) is 0 Å². The summed E-state index contributed by atoms with van der Waals surface area (Å²) in [5, 5.41) is 3.92. The number of aromatic nitrogens is 1. The number of hydrogen-bond donors (Lipinski definition) is 1. The van der Waals surface area contributed by atoms with Gasteiger partial charge in [-0.25, -0.2) is 4.79 Å². The average molecular weight is 474 g/mol. The molecule has 1 N–H and O–H groups in total. The Morgan fingerprint density at radius 1 is 1.11 bits per heavy atom. The van der Waals surface area contributed by atoms with Crippen LogP contribution in [0.25, 0.3) is 10.9 Å². The minimum Gasteiger partial charge on any atom is -0.443 e. The molecule has 2 aromatic carbocycles. The van der Waals surface area contributed by atoms with Crippen LogP contribution < -0.4 is 5.32 Å². The molecule has 1 aromatic heterocycles. The molecule has 6 rings (SSSR count). The van der Waals surface area contributed by atoms with Crippen LogP contribution in [-0.4, -0.2) is 44.6 Å². The number of fused-ring (bicyclic) bond motifs is 4. The maximum Gasteiger partial charge on any atom is 0.419 e. The Labute approximate surface area is 205 Å². The van der Waals surface area contributed by atoms with E-state index in [-0.39, 0.29) is 17.9 Å². The number of nitrogens with zero attached hydrogens (tertiary/aromatic N) is 2. The van der Waals surface area contributed by atoms with Gasteiger partial charge in [-0.1, -0.05) is 48.5 Å². The maximum absolute atomic E-state index is 14.0. The Morgan fingerprint density at radius 2 is 1.80 bits per heavy atom. The number of piperazine rings is 1. The van der Waals surface area contributed by atoms with Crippen LogP contribution in [0.3, 0.4) is 0 Å². The molecular weight excluding hydrogens is 442 g/mol. The Kier molecular flexibility index (Phi) is 5.46. The lowest BCUT2D eigenvalue weighted by molar-refractivity contribution is -0.164. The number of ether oxygens (including phenoxy) is 1. The molecule has 35 heavy (non-hydrogen) atoms. The SMILES string of the molecule is C[C@H](c1ccccc1)N1C(=O)[C@@]2(Cc3cn(C(=O)OC(C)(C)C)c4ccccc34)CC[C@@H]1C(=O)N2. The lowest BCUT2D eigenvalue weighted by atomic mass is 9.75. The van der Waals surface area contributed by atoms with Gasteiger partial charge in [-0.2, -0.15) is 0 Å². The predicted octanol–water partition coefficient (Wildman–Crippen LogP) is 4.59. The first-order valence-corrected chi connectivity index (χ1v) is 12.1. The second-order valence-electron chi connectivity index (χ2n) is 10.6. The Morgan fingerprint density at radius 3 is 2.49 bits per heavy atom. The summed E-state index contributed by atoms with van der Waals surface area (Å²) in [6, 6.07) is 16.7. The van der Waals surface area contributed by atoms with Crippen LogP contribution in [0, 0.1) is 0 Å². The van der Waals surface area contributed by atoms with Crippen molar-refractivity contribution in [2.75, 3.05) is 0 Å². The highest BCUT2D eigenvalue weighted by atomic mass is 16.6. The molecule has 4 heterocycles. The molecule has 0 radical (unpaired) electrons. The van der Waals surface area contributed by atoms with Crippen molar-refractivity contribution in [1.82, 2.24) is 14.8 Å². The van der Waals surface area contributed by atoms with E-state index < -0.39 is 23.3 Å². The summed E-state index contributed by atoms with van der Waals surface area (Å²) in [4.78, 5) is 41.7. The molecule has 2 bridgehead atoms. The number of rotatable bonds is 4. The van der Waals surface area contributed by atoms with E-state index >= 15 is 0 Å². The van der Waals surface area contributed by atoms with Gasteiger partial charge < -0.3 is 15.0 Å². The van der Waals surface area contributed by atoms with Gasteiger partial charge >= 0.3 is 6.09 Å². The van der Waals surface area contributed by atoms with Crippen LogP contribution in [0.2, 0.25) is 0 Å². The molecule has 182 valence electrons. The molecule has 0 spiro atoms. The smallest absolute Gasteiger partial charge is 0.419 e. The van der Waals surface area contributed by atoms with Crippen molar-refractivity contribution < 1.29 is 19.1 Å². The summed E-state index contributed by atoms with van der Waals surface area (Å²) in [5.41, 5.74) is 0.857. The molecule has 3 fully saturated rings. The first-order chi connectivity index (χ1) is 16.6. The molecule has 3 aliphatic heterocycles. The molecule has 0 unspecified atom stereocenters. The fourth-order valence-electron chi connectivity index (χ4n) is 5.43. The standard InChI is InChI=1S/C28H31N3O4/c1-18(19-10-6-5-7-11-19)31-23-14-15-28(25(31)33,29-24(23)32)16-20-17-30(26(34)35-27(2,3)4)22-13-9-8-12-21(20)22/h5-13,17-18,23H,14-16H2,1-4H3,(H,29,32)/t18-,23-,28+/m1/s1. The second kappa shape index (κ2) is 8.26. The van der Waals surface area contributed by atoms with Crippen LogP contribution in [-0.2, 0) is 20.7 Å². The van der Waals surface area contributed by atoms with Crippen molar-refractivity contribution in [3.05, 3.63) is 71.9 Å². The van der Waals surface area contributed by atoms with Gasteiger partial charge in [0.1, 0.15) is 17.2 Å². The molecule has 3 aliphatic rings. The third-order valence-electron chi connectivity index (χ3n) is 7.07. The van der Waals surface area contributed by atoms with E-state index in [4.69, 9.17) is 4.74 Å². The number of carbonyl (C=O) groups excluding carboxylic acids is 3. The van der Waals surface area contributed by atoms with Gasteiger partial charge in [0, 0.05) is 18.0 Å². The molecule has 3 aromatic rings. The zero-order valence-corrected chi connectivity index (χ0v) is 20.6. The molecule has 0 aliphatic carbocycles. The summed E-state index contributed by atoms with van der Waals surface area (Å²) in [7, 11) is 0. The maximum atomic E-state index is 14.0. The Hall–Kier alpha value is -3.61. The number of carbonyl (C=O) groups is 3. The third kappa shape index (κ3) is 3.99. The first kappa shape index (κ1) is 23.1. The highest BCUT2D eigenvalue weighted by Gasteiger charge is 2.56. The normalized spacial score (nSPS) is 22.9. The molecule has 0 saturated carbocycles. The molecule has 7 nitrogen and oxygen atoms in total. The largest absolute Gasteiger partial charge is 0.443 e. The minimum absolute atomic E-state index is 0.0706. The summed E-state index contributed by atoms with van der Waals surface area (Å²) >= 11 is 0. The van der Waals surface area contributed by atoms with Crippen molar-refractivity contribution in [2.45, 2.75) is 70.2 Å². The molecule has 2 amide bonds. The number of hydrogen-bond acceptors (Lipinski definition) is 4. The molecule has 3 saturated heterocycles. The van der Waals surface area contributed by atoms with Gasteiger partial charge in [-0.3, -0.25) is 14.2 Å². The van der Waals surface area contributed by atoms with E-state index in [1.165, 1.54) is 4.57 Å². The van der Waals surface area contributed by atoms with E-state index in [1.54, 1.807) is 11.1 Å². The third-order valence-corrected chi connectivity index (χ3v) is 7.07. The fourth-order valence-corrected chi connectivity index (χ4v) is 5.43. The van der Waals surface area contributed by atoms with Crippen LogP contribution in [0.15, 0.2) is 60.8 Å². The lowest BCUT2D eigenvalue weighted by Crippen LogP contribution is -2.75. The van der Waals surface area contributed by atoms with Crippen LogP contribution >= 0.6 is 0 Å². The minimum atomic E-state index is -1.04. The van der Waals surface area contributed by atoms with Crippen molar-refractivity contribution in [2.24, 2.45) is 0 Å². The number of benzene rings is 2. The highest BCUT2D eigenvalue weighted by Crippen LogP contribution is 2.40. The van der Waals surface area contributed by atoms with Gasteiger partial charge in [0.25, 0.3) is 0 Å². The summed E-state index contributed by atoms with van der Waals surface area (Å²) in [6.45, 7) is 7.46. The monoisotopic (exact) mass is 473 g/mol.